The summed E-state index contributed by atoms with van der Waals surface area (Å²) in [5.41, 5.74) is 4.70. The molecule has 1 heterocycles. The number of rotatable bonds is 7. The lowest BCUT2D eigenvalue weighted by atomic mass is 10.0. The summed E-state index contributed by atoms with van der Waals surface area (Å²) in [7, 11) is 0. The van der Waals surface area contributed by atoms with Gasteiger partial charge in [-0.05, 0) is 49.6 Å². The number of aryl methyl sites for hydroxylation is 3. The number of carbonyl (C=O) groups is 1. The molecule has 1 amide bonds. The van der Waals surface area contributed by atoms with E-state index in [0.29, 0.717) is 6.54 Å². The summed E-state index contributed by atoms with van der Waals surface area (Å²) in [6.07, 6.45) is 0. The van der Waals surface area contributed by atoms with Gasteiger partial charge in [0.1, 0.15) is 5.75 Å². The summed E-state index contributed by atoms with van der Waals surface area (Å²) in [6.45, 7) is 9.90. The maximum Gasteiger partial charge on any atom is 0.258 e. The molecule has 1 aliphatic heterocycles. The van der Waals surface area contributed by atoms with Crippen molar-refractivity contribution in [2.24, 2.45) is 0 Å². The second-order valence-electron chi connectivity index (χ2n) is 7.49. The highest BCUT2D eigenvalue weighted by atomic mass is 16.5. The Morgan fingerprint density at radius 3 is 2.32 bits per heavy atom. The van der Waals surface area contributed by atoms with E-state index in [1.807, 2.05) is 26.0 Å². The van der Waals surface area contributed by atoms with E-state index in [1.165, 1.54) is 11.1 Å². The van der Waals surface area contributed by atoms with E-state index in [2.05, 4.69) is 47.5 Å². The molecule has 0 aliphatic carbocycles. The molecule has 2 aromatic carbocycles. The fraction of sp³-hybridized carbons (Fsp3) is 0.435. The maximum atomic E-state index is 12.4. The summed E-state index contributed by atoms with van der Waals surface area (Å²) in [5, 5.41) is 3.05. The lowest BCUT2D eigenvalue weighted by Gasteiger charge is -2.35. The van der Waals surface area contributed by atoms with Crippen LogP contribution < -0.4 is 10.1 Å². The molecule has 28 heavy (non-hydrogen) atoms. The molecule has 1 atom stereocenters. The van der Waals surface area contributed by atoms with Crippen molar-refractivity contribution in [3.8, 4) is 5.75 Å². The third-order valence-electron chi connectivity index (χ3n) is 5.01. The van der Waals surface area contributed by atoms with Gasteiger partial charge < -0.3 is 14.8 Å². The number of hydrogen-bond donors (Lipinski definition) is 1. The Morgan fingerprint density at radius 1 is 1.04 bits per heavy atom. The predicted molar refractivity (Wildman–Crippen MR) is 111 cm³/mol. The van der Waals surface area contributed by atoms with E-state index in [9.17, 15) is 4.79 Å². The van der Waals surface area contributed by atoms with Crippen LogP contribution in [0.2, 0.25) is 0 Å². The zero-order valence-corrected chi connectivity index (χ0v) is 17.0. The van der Waals surface area contributed by atoms with Gasteiger partial charge in [0.15, 0.2) is 6.61 Å². The van der Waals surface area contributed by atoms with Crippen molar-refractivity contribution in [2.45, 2.75) is 26.8 Å². The van der Waals surface area contributed by atoms with Gasteiger partial charge in [0.05, 0.1) is 19.3 Å². The molecule has 0 unspecified atom stereocenters. The Labute approximate surface area is 167 Å². The van der Waals surface area contributed by atoms with Crippen molar-refractivity contribution in [2.75, 3.05) is 39.5 Å². The van der Waals surface area contributed by atoms with Gasteiger partial charge in [0, 0.05) is 19.6 Å². The van der Waals surface area contributed by atoms with E-state index in [0.717, 1.165) is 43.2 Å². The van der Waals surface area contributed by atoms with Crippen molar-refractivity contribution >= 4 is 5.91 Å². The molecule has 5 nitrogen and oxygen atoms in total. The first-order chi connectivity index (χ1) is 13.5. The van der Waals surface area contributed by atoms with Crippen molar-refractivity contribution in [1.29, 1.82) is 0 Å². The standard InChI is InChI=1S/C23H30N2O3/c1-17-4-6-20(7-5-17)22(25-8-10-27-11-9-25)15-24-23(26)16-28-21-13-18(2)12-19(3)14-21/h4-7,12-14,22H,8-11,15-16H2,1-3H3,(H,24,26)/t22-/m0/s1. The molecule has 0 aromatic heterocycles. The van der Waals surface area contributed by atoms with E-state index >= 15 is 0 Å². The van der Waals surface area contributed by atoms with Crippen LogP contribution in [0.15, 0.2) is 42.5 Å². The summed E-state index contributed by atoms with van der Waals surface area (Å²) in [5.74, 6) is 0.625. The van der Waals surface area contributed by atoms with Crippen LogP contribution in [0.1, 0.15) is 28.3 Å². The topological polar surface area (TPSA) is 50.8 Å². The Balaban J connectivity index is 1.59. The number of benzene rings is 2. The van der Waals surface area contributed by atoms with Gasteiger partial charge in [0.2, 0.25) is 0 Å². The number of nitrogens with zero attached hydrogens (tertiary/aromatic N) is 1. The minimum absolute atomic E-state index is 0.0205. The number of carbonyl (C=O) groups excluding carboxylic acids is 1. The first-order valence-corrected chi connectivity index (χ1v) is 9.87. The molecule has 150 valence electrons. The smallest absolute Gasteiger partial charge is 0.258 e. The number of hydrogen-bond acceptors (Lipinski definition) is 4. The van der Waals surface area contributed by atoms with Gasteiger partial charge in [-0.3, -0.25) is 9.69 Å². The normalized spacial score (nSPS) is 15.8. The monoisotopic (exact) mass is 382 g/mol. The van der Waals surface area contributed by atoms with Crippen molar-refractivity contribution in [3.05, 3.63) is 64.7 Å². The summed E-state index contributed by atoms with van der Waals surface area (Å²) in [4.78, 5) is 14.8. The van der Waals surface area contributed by atoms with Crippen LogP contribution in [0.5, 0.6) is 5.75 Å². The van der Waals surface area contributed by atoms with Gasteiger partial charge in [-0.25, -0.2) is 0 Å². The van der Waals surface area contributed by atoms with Crippen LogP contribution in [0.25, 0.3) is 0 Å². The minimum atomic E-state index is -0.107. The Bertz CT molecular complexity index is 763. The average Bonchev–Trinajstić information content (AvgIpc) is 2.68. The number of amides is 1. The van der Waals surface area contributed by atoms with Crippen molar-refractivity contribution < 1.29 is 14.3 Å². The van der Waals surface area contributed by atoms with Gasteiger partial charge in [0.25, 0.3) is 5.91 Å². The van der Waals surface area contributed by atoms with E-state index in [4.69, 9.17) is 9.47 Å². The molecule has 0 bridgehead atoms. The fourth-order valence-corrected chi connectivity index (χ4v) is 3.56. The largest absolute Gasteiger partial charge is 0.484 e. The summed E-state index contributed by atoms with van der Waals surface area (Å²) >= 11 is 0. The molecule has 1 saturated heterocycles. The van der Waals surface area contributed by atoms with Crippen LogP contribution >= 0.6 is 0 Å². The molecular formula is C23H30N2O3. The lowest BCUT2D eigenvalue weighted by Crippen LogP contribution is -2.44. The molecule has 3 rings (SSSR count). The Kier molecular flexibility index (Phi) is 7.06. The molecule has 5 heteroatoms. The summed E-state index contributed by atoms with van der Waals surface area (Å²) in [6, 6.07) is 14.6. The number of nitrogens with one attached hydrogen (secondary N) is 1. The highest BCUT2D eigenvalue weighted by molar-refractivity contribution is 5.77. The summed E-state index contributed by atoms with van der Waals surface area (Å²) < 4.78 is 11.2. The van der Waals surface area contributed by atoms with Gasteiger partial charge >= 0.3 is 0 Å². The van der Waals surface area contributed by atoms with Crippen LogP contribution in [0.4, 0.5) is 0 Å². The second kappa shape index (κ2) is 9.71. The van der Waals surface area contributed by atoms with Crippen molar-refractivity contribution in [3.63, 3.8) is 0 Å². The Hall–Kier alpha value is -2.37. The second-order valence-corrected chi connectivity index (χ2v) is 7.49. The molecule has 1 fully saturated rings. The fourth-order valence-electron chi connectivity index (χ4n) is 3.56. The third-order valence-corrected chi connectivity index (χ3v) is 5.01. The molecule has 0 saturated carbocycles. The van der Waals surface area contributed by atoms with Crippen LogP contribution in [0, 0.1) is 20.8 Å². The molecule has 1 aliphatic rings. The van der Waals surface area contributed by atoms with Gasteiger partial charge in [-0.2, -0.15) is 0 Å². The van der Waals surface area contributed by atoms with E-state index in [-0.39, 0.29) is 18.6 Å². The third kappa shape index (κ3) is 5.81. The predicted octanol–water partition coefficient (Wildman–Crippen LogP) is 3.18. The zero-order valence-electron chi connectivity index (χ0n) is 17.0. The van der Waals surface area contributed by atoms with Crippen LogP contribution in [-0.4, -0.2) is 50.3 Å². The lowest BCUT2D eigenvalue weighted by molar-refractivity contribution is -0.123. The van der Waals surface area contributed by atoms with Gasteiger partial charge in [-0.1, -0.05) is 35.9 Å². The molecule has 1 N–H and O–H groups in total. The number of morpholine rings is 1. The average molecular weight is 383 g/mol. The number of ether oxygens (including phenoxy) is 2. The first-order valence-electron chi connectivity index (χ1n) is 9.87. The molecule has 0 spiro atoms. The van der Waals surface area contributed by atoms with E-state index in [1.54, 1.807) is 0 Å². The Morgan fingerprint density at radius 2 is 1.68 bits per heavy atom. The highest BCUT2D eigenvalue weighted by Crippen LogP contribution is 2.22. The maximum absolute atomic E-state index is 12.4. The van der Waals surface area contributed by atoms with Crippen molar-refractivity contribution in [1.82, 2.24) is 10.2 Å². The minimum Gasteiger partial charge on any atom is -0.484 e. The highest BCUT2D eigenvalue weighted by Gasteiger charge is 2.23. The first kappa shape index (κ1) is 20.4. The zero-order chi connectivity index (χ0) is 19.9. The SMILES string of the molecule is Cc1ccc([C@H](CNC(=O)COc2cc(C)cc(C)c2)N2CCOCC2)cc1. The quantitative estimate of drug-likeness (QED) is 0.799. The van der Waals surface area contributed by atoms with Gasteiger partial charge in [-0.15, -0.1) is 0 Å². The van der Waals surface area contributed by atoms with E-state index < -0.39 is 0 Å². The van der Waals surface area contributed by atoms with Crippen LogP contribution in [0.3, 0.4) is 0 Å². The molecule has 2 aromatic rings. The van der Waals surface area contributed by atoms with Crippen LogP contribution in [-0.2, 0) is 9.53 Å². The molecular weight excluding hydrogens is 352 g/mol. The molecule has 0 radical (unpaired) electrons.